The fraction of sp³-hybridized carbons (Fsp3) is 0.308. The van der Waals surface area contributed by atoms with Crippen molar-refractivity contribution in [2.45, 2.75) is 25.6 Å². The van der Waals surface area contributed by atoms with Crippen LogP contribution < -0.4 is 5.32 Å². The summed E-state index contributed by atoms with van der Waals surface area (Å²) < 4.78 is 51.2. The van der Waals surface area contributed by atoms with E-state index in [0.717, 1.165) is 17.1 Å². The Kier molecular flexibility index (Phi) is 3.73. The lowest BCUT2D eigenvalue weighted by atomic mass is 10.1. The zero-order valence-electron chi connectivity index (χ0n) is 10.8. The van der Waals surface area contributed by atoms with Gasteiger partial charge in [-0.3, -0.25) is 0 Å². The van der Waals surface area contributed by atoms with Crippen molar-refractivity contribution in [1.82, 2.24) is 4.98 Å². The minimum absolute atomic E-state index is 0.0122. The molecule has 0 saturated carbocycles. The molecular weight excluding hydrogens is 292 g/mol. The second-order valence-electron chi connectivity index (χ2n) is 4.78. The average Bonchev–Trinajstić information content (AvgIpc) is 2.84. The van der Waals surface area contributed by atoms with Crippen LogP contribution in [-0.4, -0.2) is 4.98 Å². The van der Waals surface area contributed by atoms with Gasteiger partial charge in [-0.25, -0.2) is 9.37 Å². The van der Waals surface area contributed by atoms with E-state index in [9.17, 15) is 17.6 Å². The van der Waals surface area contributed by atoms with E-state index in [1.54, 1.807) is 25.4 Å². The molecule has 7 heteroatoms. The van der Waals surface area contributed by atoms with Gasteiger partial charge in [-0.2, -0.15) is 13.2 Å². The number of alkyl halides is 3. The molecule has 20 heavy (non-hydrogen) atoms. The van der Waals surface area contributed by atoms with E-state index >= 15 is 0 Å². The van der Waals surface area contributed by atoms with Crippen LogP contribution in [0.4, 0.5) is 23.2 Å². The number of nitrogens with one attached hydrogen (secondary N) is 1. The topological polar surface area (TPSA) is 24.9 Å². The van der Waals surface area contributed by atoms with Crippen molar-refractivity contribution in [2.24, 2.45) is 0 Å². The van der Waals surface area contributed by atoms with Gasteiger partial charge in [0.25, 0.3) is 0 Å². The van der Waals surface area contributed by atoms with E-state index in [4.69, 9.17) is 0 Å². The van der Waals surface area contributed by atoms with Gasteiger partial charge in [0.15, 0.2) is 0 Å². The number of anilines is 1. The predicted octanol–water partition coefficient (Wildman–Crippen LogP) is 4.65. The van der Waals surface area contributed by atoms with Gasteiger partial charge < -0.3 is 5.32 Å². The molecule has 0 aliphatic heterocycles. The standard InChI is InChI=1S/C13H12F4N2S/c1-12(2,11-18-5-6-20-11)19-10-4-3-8(7-9(10)14)13(15,16)17/h3-7,19H,1-2H3. The lowest BCUT2D eigenvalue weighted by Crippen LogP contribution is -2.28. The molecular formula is C13H12F4N2S. The first-order valence-electron chi connectivity index (χ1n) is 5.75. The van der Waals surface area contributed by atoms with E-state index in [1.165, 1.54) is 11.3 Å². The Bertz CT molecular complexity index is 591. The van der Waals surface area contributed by atoms with E-state index in [-0.39, 0.29) is 5.69 Å². The molecule has 2 rings (SSSR count). The summed E-state index contributed by atoms with van der Waals surface area (Å²) in [6.45, 7) is 3.56. The van der Waals surface area contributed by atoms with Gasteiger partial charge >= 0.3 is 6.18 Å². The van der Waals surface area contributed by atoms with Crippen LogP contribution in [0.1, 0.15) is 24.4 Å². The summed E-state index contributed by atoms with van der Waals surface area (Å²) in [7, 11) is 0. The number of hydrogen-bond acceptors (Lipinski definition) is 3. The fourth-order valence-electron chi connectivity index (χ4n) is 1.72. The number of nitrogens with zero attached hydrogens (tertiary/aromatic N) is 1. The Morgan fingerprint density at radius 1 is 1.20 bits per heavy atom. The number of thiazole rings is 1. The zero-order valence-corrected chi connectivity index (χ0v) is 11.6. The molecule has 0 saturated heterocycles. The van der Waals surface area contributed by atoms with Crippen LogP contribution in [0.5, 0.6) is 0 Å². The summed E-state index contributed by atoms with van der Waals surface area (Å²) in [5.41, 5.74) is -1.67. The second-order valence-corrected chi connectivity index (χ2v) is 5.67. The first-order valence-corrected chi connectivity index (χ1v) is 6.63. The number of halogens is 4. The molecule has 2 aromatic rings. The van der Waals surface area contributed by atoms with Crippen molar-refractivity contribution in [3.63, 3.8) is 0 Å². The third kappa shape index (κ3) is 3.09. The lowest BCUT2D eigenvalue weighted by molar-refractivity contribution is -0.137. The SMILES string of the molecule is CC(C)(Nc1ccc(C(F)(F)F)cc1F)c1nccs1. The van der Waals surface area contributed by atoms with Gasteiger partial charge in [-0.1, -0.05) is 0 Å². The zero-order chi connectivity index (χ0) is 15.0. The van der Waals surface area contributed by atoms with Crippen LogP contribution in [0.25, 0.3) is 0 Å². The third-order valence-electron chi connectivity index (χ3n) is 2.71. The maximum atomic E-state index is 13.8. The fourth-order valence-corrected chi connectivity index (χ4v) is 2.43. The predicted molar refractivity (Wildman–Crippen MR) is 70.2 cm³/mol. The first-order chi connectivity index (χ1) is 9.20. The Hall–Kier alpha value is -1.63. The summed E-state index contributed by atoms with van der Waals surface area (Å²) in [5.74, 6) is -0.940. The highest BCUT2D eigenvalue weighted by molar-refractivity contribution is 7.09. The minimum atomic E-state index is -4.55. The van der Waals surface area contributed by atoms with E-state index < -0.39 is 23.1 Å². The van der Waals surface area contributed by atoms with Crippen LogP contribution in [0.3, 0.4) is 0 Å². The van der Waals surface area contributed by atoms with E-state index in [1.807, 2.05) is 0 Å². The quantitative estimate of drug-likeness (QED) is 0.835. The monoisotopic (exact) mass is 304 g/mol. The number of benzene rings is 1. The smallest absolute Gasteiger partial charge is 0.371 e. The molecule has 108 valence electrons. The van der Waals surface area contributed by atoms with Crippen molar-refractivity contribution in [3.05, 3.63) is 46.2 Å². The molecule has 0 fully saturated rings. The molecule has 0 amide bonds. The van der Waals surface area contributed by atoms with Crippen LogP contribution in [0.15, 0.2) is 29.8 Å². The van der Waals surface area contributed by atoms with Crippen molar-refractivity contribution in [1.29, 1.82) is 0 Å². The molecule has 1 aromatic carbocycles. The van der Waals surface area contributed by atoms with Crippen molar-refractivity contribution >= 4 is 17.0 Å². The highest BCUT2D eigenvalue weighted by Crippen LogP contribution is 2.33. The number of hydrogen-bond donors (Lipinski definition) is 1. The minimum Gasteiger partial charge on any atom is -0.371 e. The molecule has 0 atom stereocenters. The summed E-state index contributed by atoms with van der Waals surface area (Å²) in [6, 6.07) is 2.43. The molecule has 0 spiro atoms. The first kappa shape index (κ1) is 14.8. The molecule has 2 nitrogen and oxygen atoms in total. The maximum Gasteiger partial charge on any atom is 0.416 e. The highest BCUT2D eigenvalue weighted by atomic mass is 32.1. The largest absolute Gasteiger partial charge is 0.416 e. The molecule has 0 aliphatic rings. The van der Waals surface area contributed by atoms with Crippen molar-refractivity contribution in [3.8, 4) is 0 Å². The van der Waals surface area contributed by atoms with Gasteiger partial charge in [-0.05, 0) is 32.0 Å². The molecule has 0 unspecified atom stereocenters. The summed E-state index contributed by atoms with van der Waals surface area (Å²) in [6.07, 6.45) is -2.93. The average molecular weight is 304 g/mol. The molecule has 1 aromatic heterocycles. The van der Waals surface area contributed by atoms with Crippen LogP contribution in [0.2, 0.25) is 0 Å². The normalized spacial score (nSPS) is 12.5. The van der Waals surface area contributed by atoms with E-state index in [0.29, 0.717) is 6.07 Å². The molecule has 0 bridgehead atoms. The Morgan fingerprint density at radius 2 is 1.90 bits per heavy atom. The van der Waals surface area contributed by atoms with Gasteiger partial charge in [0.2, 0.25) is 0 Å². The lowest BCUT2D eigenvalue weighted by Gasteiger charge is -2.25. The highest BCUT2D eigenvalue weighted by Gasteiger charge is 2.32. The Labute approximate surface area is 117 Å². The van der Waals surface area contributed by atoms with Crippen LogP contribution >= 0.6 is 11.3 Å². The van der Waals surface area contributed by atoms with Gasteiger partial charge in [0.1, 0.15) is 10.8 Å². The second kappa shape index (κ2) is 5.05. The summed E-state index contributed by atoms with van der Waals surface area (Å²) in [5, 5.41) is 5.37. The Balaban J connectivity index is 2.27. The number of rotatable bonds is 3. The summed E-state index contributed by atoms with van der Waals surface area (Å²) in [4.78, 5) is 4.12. The van der Waals surface area contributed by atoms with Crippen molar-refractivity contribution < 1.29 is 17.6 Å². The van der Waals surface area contributed by atoms with Crippen LogP contribution in [-0.2, 0) is 11.7 Å². The summed E-state index contributed by atoms with van der Waals surface area (Å²) >= 11 is 1.39. The van der Waals surface area contributed by atoms with Gasteiger partial charge in [0.05, 0.1) is 16.8 Å². The van der Waals surface area contributed by atoms with E-state index in [2.05, 4.69) is 10.3 Å². The maximum absolute atomic E-state index is 13.8. The van der Waals surface area contributed by atoms with Gasteiger partial charge in [0, 0.05) is 11.6 Å². The molecule has 1 heterocycles. The van der Waals surface area contributed by atoms with Gasteiger partial charge in [-0.15, -0.1) is 11.3 Å². The Morgan fingerprint density at radius 3 is 2.40 bits per heavy atom. The van der Waals surface area contributed by atoms with Crippen molar-refractivity contribution in [2.75, 3.05) is 5.32 Å². The molecule has 1 N–H and O–H groups in total. The molecule has 0 radical (unpaired) electrons. The molecule has 0 aliphatic carbocycles. The van der Waals surface area contributed by atoms with Crippen LogP contribution in [0, 0.1) is 5.82 Å². The number of aromatic nitrogens is 1. The third-order valence-corrected chi connectivity index (χ3v) is 3.81.